The topological polar surface area (TPSA) is 28.4 Å². The molecule has 1 N–H and O–H groups in total. The van der Waals surface area contributed by atoms with Crippen LogP contribution in [0.3, 0.4) is 0 Å². The first-order valence-electron chi connectivity index (χ1n) is 6.45. The Bertz CT molecular complexity index is 525. The Morgan fingerprint density at radius 2 is 2.37 bits per heavy atom. The molecule has 3 heterocycles. The number of nitrogens with one attached hydrogen (secondary N) is 1. The molecular weight excluding hydrogens is 280 g/mol. The summed E-state index contributed by atoms with van der Waals surface area (Å²) in [6.07, 6.45) is 2.90. The van der Waals surface area contributed by atoms with E-state index in [2.05, 4.69) is 23.3 Å². The highest BCUT2D eigenvalue weighted by atomic mass is 35.5. The number of hydrogen-bond acceptors (Lipinski definition) is 4. The third-order valence-corrected chi connectivity index (χ3v) is 4.80. The quantitative estimate of drug-likeness (QED) is 0.937. The van der Waals surface area contributed by atoms with E-state index in [9.17, 15) is 0 Å². The minimum absolute atomic E-state index is 0.101. The third-order valence-electron chi connectivity index (χ3n) is 3.50. The lowest BCUT2D eigenvalue weighted by molar-refractivity contribution is 0.376. The van der Waals surface area contributed by atoms with Gasteiger partial charge < -0.3 is 9.32 Å². The lowest BCUT2D eigenvalue weighted by Gasteiger charge is -2.20. The van der Waals surface area contributed by atoms with Crippen LogP contribution in [0.1, 0.15) is 23.1 Å². The Hall–Kier alpha value is -0.810. The van der Waals surface area contributed by atoms with Crippen molar-refractivity contribution in [3.63, 3.8) is 0 Å². The highest BCUT2D eigenvalue weighted by Gasteiger charge is 2.26. The Labute approximate surface area is 122 Å². The molecule has 2 atom stereocenters. The van der Waals surface area contributed by atoms with Crippen molar-refractivity contribution in [2.24, 2.45) is 0 Å². The van der Waals surface area contributed by atoms with Crippen LogP contribution < -0.4 is 5.32 Å². The molecule has 0 spiro atoms. The van der Waals surface area contributed by atoms with Gasteiger partial charge in [-0.1, -0.05) is 11.6 Å². The van der Waals surface area contributed by atoms with Gasteiger partial charge in [-0.15, -0.1) is 11.3 Å². The summed E-state index contributed by atoms with van der Waals surface area (Å²) in [6, 6.07) is 8.57. The monoisotopic (exact) mass is 296 g/mol. The molecular formula is C14H17ClN2OS. The highest BCUT2D eigenvalue weighted by molar-refractivity contribution is 7.16. The van der Waals surface area contributed by atoms with E-state index >= 15 is 0 Å². The number of likely N-dealkylation sites (N-methyl/N-ethyl adjacent to an activating group) is 1. The number of halogens is 1. The molecule has 19 heavy (non-hydrogen) atoms. The summed E-state index contributed by atoms with van der Waals surface area (Å²) in [5.74, 6) is 0.952. The fourth-order valence-corrected chi connectivity index (χ4v) is 3.68. The maximum absolute atomic E-state index is 6.06. The molecule has 1 aliphatic rings. The molecule has 0 aliphatic carbocycles. The normalized spacial score (nSPS) is 21.9. The molecule has 0 amide bonds. The second kappa shape index (κ2) is 5.67. The van der Waals surface area contributed by atoms with Crippen LogP contribution in [0.15, 0.2) is 34.9 Å². The number of nitrogens with zero attached hydrogens (tertiary/aromatic N) is 1. The summed E-state index contributed by atoms with van der Waals surface area (Å²) >= 11 is 7.67. The first kappa shape index (κ1) is 13.2. The van der Waals surface area contributed by atoms with Crippen molar-refractivity contribution in [1.29, 1.82) is 0 Å². The van der Waals surface area contributed by atoms with Crippen LogP contribution in [0.2, 0.25) is 4.34 Å². The van der Waals surface area contributed by atoms with Crippen LogP contribution >= 0.6 is 22.9 Å². The number of furan rings is 1. The van der Waals surface area contributed by atoms with Crippen LogP contribution in [0.25, 0.3) is 0 Å². The molecule has 1 saturated heterocycles. The average Bonchev–Trinajstić information content (AvgIpc) is 3.08. The molecule has 1 aliphatic heterocycles. The van der Waals surface area contributed by atoms with Crippen LogP contribution in [-0.4, -0.2) is 31.1 Å². The fourth-order valence-electron chi connectivity index (χ4n) is 2.55. The minimum atomic E-state index is 0.101. The lowest BCUT2D eigenvalue weighted by atomic mass is 10.1. The van der Waals surface area contributed by atoms with E-state index in [0.29, 0.717) is 6.04 Å². The standard InChI is InChI=1S/C14H17ClN2OS/c1-17-7-6-10(9-17)16-14(11-3-2-8-18-11)12-4-5-13(15)19-12/h2-5,8,10,14,16H,6-7,9H2,1H3. The van der Waals surface area contributed by atoms with Gasteiger partial charge in [0.25, 0.3) is 0 Å². The maximum Gasteiger partial charge on any atom is 0.126 e. The number of thiophene rings is 1. The van der Waals surface area contributed by atoms with Crippen LogP contribution in [-0.2, 0) is 0 Å². The van der Waals surface area contributed by atoms with E-state index in [0.717, 1.165) is 23.2 Å². The van der Waals surface area contributed by atoms with E-state index in [4.69, 9.17) is 16.0 Å². The molecule has 102 valence electrons. The summed E-state index contributed by atoms with van der Waals surface area (Å²) in [4.78, 5) is 3.55. The zero-order valence-corrected chi connectivity index (χ0v) is 12.4. The molecule has 1 fully saturated rings. The summed E-state index contributed by atoms with van der Waals surface area (Å²) < 4.78 is 6.40. The largest absolute Gasteiger partial charge is 0.467 e. The van der Waals surface area contributed by atoms with Gasteiger partial charge in [0, 0.05) is 17.5 Å². The van der Waals surface area contributed by atoms with Crippen LogP contribution in [0.4, 0.5) is 0 Å². The van der Waals surface area contributed by atoms with Gasteiger partial charge in [0.15, 0.2) is 0 Å². The number of likely N-dealkylation sites (tertiary alicyclic amines) is 1. The Kier molecular flexibility index (Phi) is 3.93. The van der Waals surface area contributed by atoms with E-state index in [1.807, 2.05) is 18.2 Å². The second-order valence-electron chi connectivity index (χ2n) is 5.00. The van der Waals surface area contributed by atoms with Gasteiger partial charge in [-0.2, -0.15) is 0 Å². The molecule has 0 saturated carbocycles. The van der Waals surface area contributed by atoms with Crippen LogP contribution in [0, 0.1) is 0 Å². The van der Waals surface area contributed by atoms with Crippen molar-refractivity contribution in [2.75, 3.05) is 20.1 Å². The summed E-state index contributed by atoms with van der Waals surface area (Å²) in [6.45, 7) is 2.23. The predicted octanol–water partition coefficient (Wildman–Crippen LogP) is 3.38. The summed E-state index contributed by atoms with van der Waals surface area (Å²) in [5.41, 5.74) is 0. The predicted molar refractivity (Wildman–Crippen MR) is 78.9 cm³/mol. The van der Waals surface area contributed by atoms with Crippen molar-refractivity contribution in [1.82, 2.24) is 10.2 Å². The molecule has 2 unspecified atom stereocenters. The summed E-state index contributed by atoms with van der Waals surface area (Å²) in [7, 11) is 2.16. The van der Waals surface area contributed by atoms with Gasteiger partial charge in [0.05, 0.1) is 10.6 Å². The Morgan fingerprint density at radius 3 is 2.95 bits per heavy atom. The van der Waals surface area contributed by atoms with Gasteiger partial charge in [-0.25, -0.2) is 0 Å². The van der Waals surface area contributed by atoms with Crippen LogP contribution in [0.5, 0.6) is 0 Å². The molecule has 2 aromatic rings. The zero-order valence-electron chi connectivity index (χ0n) is 10.8. The smallest absolute Gasteiger partial charge is 0.126 e. The first-order chi connectivity index (χ1) is 9.22. The Balaban J connectivity index is 1.81. The molecule has 5 heteroatoms. The molecule has 2 aromatic heterocycles. The molecule has 0 aromatic carbocycles. The number of hydrogen-bond donors (Lipinski definition) is 1. The summed E-state index contributed by atoms with van der Waals surface area (Å²) in [5, 5.41) is 3.69. The fraction of sp³-hybridized carbons (Fsp3) is 0.429. The van der Waals surface area contributed by atoms with Gasteiger partial charge in [0.2, 0.25) is 0 Å². The minimum Gasteiger partial charge on any atom is -0.467 e. The molecule has 3 nitrogen and oxygen atoms in total. The van der Waals surface area contributed by atoms with Gasteiger partial charge >= 0.3 is 0 Å². The third kappa shape index (κ3) is 3.03. The van der Waals surface area contributed by atoms with Gasteiger partial charge in [0.1, 0.15) is 11.8 Å². The SMILES string of the molecule is CN1CCC(NC(c2ccco2)c2ccc(Cl)s2)C1. The Morgan fingerprint density at radius 1 is 1.47 bits per heavy atom. The van der Waals surface area contributed by atoms with E-state index in [1.54, 1.807) is 17.6 Å². The first-order valence-corrected chi connectivity index (χ1v) is 7.65. The second-order valence-corrected chi connectivity index (χ2v) is 6.75. The number of rotatable bonds is 4. The molecule has 0 radical (unpaired) electrons. The zero-order chi connectivity index (χ0) is 13.2. The van der Waals surface area contributed by atoms with Crippen molar-refractivity contribution in [3.05, 3.63) is 45.5 Å². The van der Waals surface area contributed by atoms with E-state index in [-0.39, 0.29) is 6.04 Å². The van der Waals surface area contributed by atoms with Crippen molar-refractivity contribution in [2.45, 2.75) is 18.5 Å². The van der Waals surface area contributed by atoms with Gasteiger partial charge in [-0.3, -0.25) is 5.32 Å². The van der Waals surface area contributed by atoms with E-state index < -0.39 is 0 Å². The van der Waals surface area contributed by atoms with Gasteiger partial charge in [-0.05, 0) is 44.3 Å². The van der Waals surface area contributed by atoms with E-state index in [1.165, 1.54) is 11.3 Å². The molecule has 0 bridgehead atoms. The van der Waals surface area contributed by atoms with Crippen molar-refractivity contribution in [3.8, 4) is 0 Å². The maximum atomic E-state index is 6.06. The highest BCUT2D eigenvalue weighted by Crippen LogP contribution is 2.32. The van der Waals surface area contributed by atoms with Crippen molar-refractivity contribution < 1.29 is 4.42 Å². The molecule has 3 rings (SSSR count). The average molecular weight is 297 g/mol. The van der Waals surface area contributed by atoms with Crippen molar-refractivity contribution >= 4 is 22.9 Å². The lowest BCUT2D eigenvalue weighted by Crippen LogP contribution is -2.34.